The van der Waals surface area contributed by atoms with E-state index in [-0.39, 0.29) is 6.61 Å². The summed E-state index contributed by atoms with van der Waals surface area (Å²) in [7, 11) is -2.60. The Labute approximate surface area is 165 Å². The molecule has 6 heteroatoms. The summed E-state index contributed by atoms with van der Waals surface area (Å²) in [6, 6.07) is 0. The highest BCUT2D eigenvalue weighted by atomic mass is 31.2. The van der Waals surface area contributed by atoms with E-state index in [0.29, 0.717) is 24.5 Å². The molecule has 1 heterocycles. The lowest BCUT2D eigenvalue weighted by Gasteiger charge is -2.18. The topological polar surface area (TPSA) is 61.8 Å². The first-order valence-electron chi connectivity index (χ1n) is 10.8. The molecular weight excluding hydrogens is 363 g/mol. The number of hydrogen-bond donors (Lipinski definition) is 0. The Morgan fingerprint density at radius 1 is 0.926 bits per heavy atom. The van der Waals surface area contributed by atoms with Gasteiger partial charge in [0.1, 0.15) is 0 Å². The SMILES string of the molecule is CCCCCCCCCCCCOC1OC(=O)C=C1COP(=O)(CC)CC. The van der Waals surface area contributed by atoms with E-state index in [0.717, 1.165) is 12.8 Å². The Morgan fingerprint density at radius 3 is 2.04 bits per heavy atom. The minimum Gasteiger partial charge on any atom is -0.428 e. The molecule has 1 unspecified atom stereocenters. The molecule has 0 amide bonds. The number of carbonyl (C=O) groups is 1. The predicted molar refractivity (Wildman–Crippen MR) is 110 cm³/mol. The zero-order chi connectivity index (χ0) is 20.0. The maximum Gasteiger partial charge on any atom is 0.333 e. The van der Waals surface area contributed by atoms with Gasteiger partial charge in [-0.3, -0.25) is 4.57 Å². The molecule has 0 saturated carbocycles. The van der Waals surface area contributed by atoms with Gasteiger partial charge in [0, 0.05) is 24.0 Å². The van der Waals surface area contributed by atoms with E-state index < -0.39 is 19.6 Å². The second kappa shape index (κ2) is 14.4. The summed E-state index contributed by atoms with van der Waals surface area (Å²) in [4.78, 5) is 11.5. The van der Waals surface area contributed by atoms with Crippen LogP contribution < -0.4 is 0 Å². The van der Waals surface area contributed by atoms with Gasteiger partial charge in [0.05, 0.1) is 13.2 Å². The van der Waals surface area contributed by atoms with E-state index in [2.05, 4.69) is 6.92 Å². The summed E-state index contributed by atoms with van der Waals surface area (Å²) in [6.07, 6.45) is 14.4. The van der Waals surface area contributed by atoms with E-state index in [1.807, 2.05) is 13.8 Å². The molecule has 0 bridgehead atoms. The van der Waals surface area contributed by atoms with Crippen molar-refractivity contribution in [2.45, 2.75) is 91.3 Å². The molecule has 1 atom stereocenters. The van der Waals surface area contributed by atoms with E-state index in [4.69, 9.17) is 14.0 Å². The Morgan fingerprint density at radius 2 is 1.48 bits per heavy atom. The first-order valence-corrected chi connectivity index (χ1v) is 12.8. The van der Waals surface area contributed by atoms with Crippen molar-refractivity contribution in [1.82, 2.24) is 0 Å². The van der Waals surface area contributed by atoms with Gasteiger partial charge in [-0.2, -0.15) is 0 Å². The van der Waals surface area contributed by atoms with Crippen molar-refractivity contribution in [2.24, 2.45) is 0 Å². The normalized spacial score (nSPS) is 17.2. The van der Waals surface area contributed by atoms with Crippen LogP contribution in [0.25, 0.3) is 0 Å². The van der Waals surface area contributed by atoms with Crippen LogP contribution in [0, 0.1) is 0 Å². The van der Waals surface area contributed by atoms with Crippen LogP contribution in [0.5, 0.6) is 0 Å². The third-order valence-electron chi connectivity index (χ3n) is 5.03. The second-order valence-corrected chi connectivity index (χ2v) is 10.4. The van der Waals surface area contributed by atoms with Gasteiger partial charge in [-0.25, -0.2) is 4.79 Å². The second-order valence-electron chi connectivity index (χ2n) is 7.26. The summed E-state index contributed by atoms with van der Waals surface area (Å²) in [6.45, 7) is 6.65. The van der Waals surface area contributed by atoms with Gasteiger partial charge in [-0.15, -0.1) is 0 Å². The van der Waals surface area contributed by atoms with Crippen molar-refractivity contribution in [2.75, 3.05) is 25.5 Å². The van der Waals surface area contributed by atoms with Crippen LogP contribution in [0.2, 0.25) is 0 Å². The fourth-order valence-electron chi connectivity index (χ4n) is 3.06. The van der Waals surface area contributed by atoms with Crippen LogP contribution in [-0.2, 0) is 23.4 Å². The lowest BCUT2D eigenvalue weighted by atomic mass is 10.1. The van der Waals surface area contributed by atoms with Gasteiger partial charge in [-0.1, -0.05) is 78.6 Å². The summed E-state index contributed by atoms with van der Waals surface area (Å²) in [5.74, 6) is -0.412. The molecule has 1 aliphatic rings. The lowest BCUT2D eigenvalue weighted by Crippen LogP contribution is -2.19. The smallest absolute Gasteiger partial charge is 0.333 e. The average molecular weight is 403 g/mol. The minimum atomic E-state index is -2.60. The van der Waals surface area contributed by atoms with Crippen LogP contribution in [0.4, 0.5) is 0 Å². The average Bonchev–Trinajstić information content (AvgIpc) is 3.03. The standard InChI is InChI=1S/C21H39O5P/c1-4-7-8-9-10-11-12-13-14-15-16-24-21-19(17-20(22)26-21)18-25-27(23,5-2)6-3/h17,21H,4-16,18H2,1-3H3. The summed E-state index contributed by atoms with van der Waals surface area (Å²) >= 11 is 0. The summed E-state index contributed by atoms with van der Waals surface area (Å²) < 4.78 is 28.8. The fraction of sp³-hybridized carbons (Fsp3) is 0.857. The molecule has 0 aromatic rings. The van der Waals surface area contributed by atoms with Crippen LogP contribution in [-0.4, -0.2) is 37.8 Å². The van der Waals surface area contributed by atoms with Crippen LogP contribution in [0.3, 0.4) is 0 Å². The zero-order valence-corrected chi connectivity index (χ0v) is 18.4. The Bertz CT molecular complexity index is 481. The van der Waals surface area contributed by atoms with Crippen molar-refractivity contribution in [3.8, 4) is 0 Å². The molecule has 1 rings (SSSR count). The van der Waals surface area contributed by atoms with Crippen molar-refractivity contribution in [3.05, 3.63) is 11.6 Å². The Balaban J connectivity index is 2.12. The lowest BCUT2D eigenvalue weighted by molar-refractivity contribution is -0.159. The highest BCUT2D eigenvalue weighted by molar-refractivity contribution is 7.58. The maximum atomic E-state index is 12.3. The van der Waals surface area contributed by atoms with E-state index in [1.165, 1.54) is 57.4 Å². The number of esters is 1. The van der Waals surface area contributed by atoms with E-state index in [9.17, 15) is 9.36 Å². The number of cyclic esters (lactones) is 1. The highest BCUT2D eigenvalue weighted by Gasteiger charge is 2.29. The molecule has 0 spiro atoms. The van der Waals surface area contributed by atoms with Crippen molar-refractivity contribution in [3.63, 3.8) is 0 Å². The molecule has 5 nitrogen and oxygen atoms in total. The van der Waals surface area contributed by atoms with Crippen LogP contribution in [0.15, 0.2) is 11.6 Å². The molecule has 0 aliphatic carbocycles. The quantitative estimate of drug-likeness (QED) is 0.168. The highest BCUT2D eigenvalue weighted by Crippen LogP contribution is 2.46. The molecular formula is C21H39O5P. The largest absolute Gasteiger partial charge is 0.428 e. The number of hydrogen-bond acceptors (Lipinski definition) is 5. The van der Waals surface area contributed by atoms with Gasteiger partial charge in [0.15, 0.2) is 0 Å². The number of rotatable bonds is 17. The van der Waals surface area contributed by atoms with Gasteiger partial charge < -0.3 is 14.0 Å². The third kappa shape index (κ3) is 10.5. The zero-order valence-electron chi connectivity index (χ0n) is 17.5. The molecule has 0 aromatic carbocycles. The fourth-order valence-corrected chi connectivity index (χ4v) is 4.26. The first-order chi connectivity index (χ1) is 13.0. The molecule has 1 aliphatic heterocycles. The summed E-state index contributed by atoms with van der Waals surface area (Å²) in [5.41, 5.74) is 0.634. The van der Waals surface area contributed by atoms with Crippen molar-refractivity contribution >= 4 is 13.3 Å². The molecule has 0 radical (unpaired) electrons. The van der Waals surface area contributed by atoms with E-state index in [1.54, 1.807) is 0 Å². The minimum absolute atomic E-state index is 0.132. The van der Waals surface area contributed by atoms with Crippen molar-refractivity contribution in [1.29, 1.82) is 0 Å². The number of unbranched alkanes of at least 4 members (excludes halogenated alkanes) is 9. The van der Waals surface area contributed by atoms with Gasteiger partial charge in [0.2, 0.25) is 13.7 Å². The maximum absolute atomic E-state index is 12.3. The van der Waals surface area contributed by atoms with Gasteiger partial charge in [0.25, 0.3) is 0 Å². The number of carbonyl (C=O) groups excluding carboxylic acids is 1. The predicted octanol–water partition coefficient (Wildman–Crippen LogP) is 6.07. The van der Waals surface area contributed by atoms with Gasteiger partial charge >= 0.3 is 5.97 Å². The molecule has 0 N–H and O–H groups in total. The third-order valence-corrected chi connectivity index (χ3v) is 7.55. The van der Waals surface area contributed by atoms with Crippen molar-refractivity contribution < 1.29 is 23.4 Å². The van der Waals surface area contributed by atoms with Crippen LogP contribution >= 0.6 is 7.37 Å². The van der Waals surface area contributed by atoms with E-state index >= 15 is 0 Å². The molecule has 27 heavy (non-hydrogen) atoms. The monoisotopic (exact) mass is 402 g/mol. The Kier molecular flexibility index (Phi) is 13.0. The summed E-state index contributed by atoms with van der Waals surface area (Å²) in [5, 5.41) is 0. The molecule has 158 valence electrons. The molecule has 0 saturated heterocycles. The first kappa shape index (κ1) is 24.4. The van der Waals surface area contributed by atoms with Crippen LogP contribution in [0.1, 0.15) is 85.0 Å². The molecule has 0 fully saturated rings. The molecule has 0 aromatic heterocycles. The Hall–Kier alpha value is -0.640. The van der Waals surface area contributed by atoms with Gasteiger partial charge in [-0.05, 0) is 6.42 Å². The number of ether oxygens (including phenoxy) is 2.